The first-order valence-electron chi connectivity index (χ1n) is 9.57. The van der Waals surface area contributed by atoms with Crippen LogP contribution in [0.4, 0.5) is 0 Å². The standard InChI is InChI=1S/C23H20ClN5O/c24-21-14-8-7-13-20(21)23-25-27-29(26-23)17-22(30)28(15-18-9-3-1-4-10-18)16-19-11-5-2-6-12-19/h1-14H,15-17H2. The Labute approximate surface area is 179 Å². The molecule has 0 saturated carbocycles. The molecular weight excluding hydrogens is 398 g/mol. The van der Waals surface area contributed by atoms with E-state index in [4.69, 9.17) is 11.6 Å². The second-order valence-corrected chi connectivity index (χ2v) is 7.25. The number of tetrazole rings is 1. The van der Waals surface area contributed by atoms with Gasteiger partial charge in [0.2, 0.25) is 11.7 Å². The van der Waals surface area contributed by atoms with Crippen LogP contribution in [0.3, 0.4) is 0 Å². The van der Waals surface area contributed by atoms with Gasteiger partial charge in [0.15, 0.2) is 0 Å². The van der Waals surface area contributed by atoms with Crippen LogP contribution >= 0.6 is 11.6 Å². The molecule has 0 aliphatic heterocycles. The molecule has 0 bridgehead atoms. The summed E-state index contributed by atoms with van der Waals surface area (Å²) in [5.74, 6) is 0.303. The third-order valence-electron chi connectivity index (χ3n) is 4.63. The molecule has 1 amide bonds. The molecule has 0 atom stereocenters. The van der Waals surface area contributed by atoms with Crippen LogP contribution in [-0.2, 0) is 24.4 Å². The lowest BCUT2D eigenvalue weighted by atomic mass is 10.1. The van der Waals surface area contributed by atoms with Gasteiger partial charge < -0.3 is 4.90 Å². The number of carbonyl (C=O) groups is 1. The molecule has 3 aromatic carbocycles. The minimum atomic E-state index is -0.0918. The fourth-order valence-electron chi connectivity index (χ4n) is 3.12. The van der Waals surface area contributed by atoms with Crippen LogP contribution in [0.15, 0.2) is 84.9 Å². The van der Waals surface area contributed by atoms with Crippen molar-refractivity contribution in [2.45, 2.75) is 19.6 Å². The quantitative estimate of drug-likeness (QED) is 0.451. The second-order valence-electron chi connectivity index (χ2n) is 6.84. The molecule has 0 fully saturated rings. The number of rotatable bonds is 7. The second kappa shape index (κ2) is 9.33. The van der Waals surface area contributed by atoms with E-state index in [-0.39, 0.29) is 12.5 Å². The van der Waals surface area contributed by atoms with Gasteiger partial charge in [0.05, 0.1) is 5.02 Å². The first kappa shape index (κ1) is 19.8. The lowest BCUT2D eigenvalue weighted by molar-refractivity contribution is -0.133. The molecule has 4 rings (SSSR count). The molecule has 4 aromatic rings. The molecule has 0 unspecified atom stereocenters. The van der Waals surface area contributed by atoms with Gasteiger partial charge in [-0.15, -0.1) is 10.2 Å². The Balaban J connectivity index is 1.52. The number of hydrogen-bond donors (Lipinski definition) is 0. The Morgan fingerprint density at radius 3 is 2.00 bits per heavy atom. The van der Waals surface area contributed by atoms with E-state index in [1.54, 1.807) is 11.0 Å². The van der Waals surface area contributed by atoms with E-state index in [1.807, 2.05) is 78.9 Å². The van der Waals surface area contributed by atoms with Crippen LogP contribution in [0.25, 0.3) is 11.4 Å². The summed E-state index contributed by atoms with van der Waals surface area (Å²) in [7, 11) is 0. The van der Waals surface area contributed by atoms with Crippen molar-refractivity contribution in [3.8, 4) is 11.4 Å². The number of amides is 1. The van der Waals surface area contributed by atoms with Crippen molar-refractivity contribution in [3.05, 3.63) is 101 Å². The molecule has 1 aromatic heterocycles. The lowest BCUT2D eigenvalue weighted by Crippen LogP contribution is -2.33. The topological polar surface area (TPSA) is 63.9 Å². The highest BCUT2D eigenvalue weighted by atomic mass is 35.5. The van der Waals surface area contributed by atoms with Gasteiger partial charge in [0, 0.05) is 18.7 Å². The van der Waals surface area contributed by atoms with Gasteiger partial charge in [-0.25, -0.2) is 0 Å². The predicted octanol–water partition coefficient (Wildman–Crippen LogP) is 4.22. The van der Waals surface area contributed by atoms with Crippen LogP contribution in [0.2, 0.25) is 5.02 Å². The number of nitrogens with zero attached hydrogens (tertiary/aromatic N) is 5. The van der Waals surface area contributed by atoms with Crippen LogP contribution in [-0.4, -0.2) is 31.0 Å². The van der Waals surface area contributed by atoms with Crippen molar-refractivity contribution in [2.24, 2.45) is 0 Å². The number of halogens is 1. The van der Waals surface area contributed by atoms with E-state index in [0.29, 0.717) is 29.5 Å². The van der Waals surface area contributed by atoms with Gasteiger partial charge in [0.25, 0.3) is 0 Å². The average molecular weight is 418 g/mol. The molecular formula is C23H20ClN5O. The molecule has 150 valence electrons. The van der Waals surface area contributed by atoms with Gasteiger partial charge in [-0.3, -0.25) is 4.79 Å². The summed E-state index contributed by atoms with van der Waals surface area (Å²) in [5, 5.41) is 13.0. The normalized spacial score (nSPS) is 10.7. The first-order valence-corrected chi connectivity index (χ1v) is 9.95. The highest BCUT2D eigenvalue weighted by Gasteiger charge is 2.18. The molecule has 0 saturated heterocycles. The fraction of sp³-hybridized carbons (Fsp3) is 0.130. The summed E-state index contributed by atoms with van der Waals surface area (Å²) in [6, 6.07) is 27.1. The summed E-state index contributed by atoms with van der Waals surface area (Å²) in [6.45, 7) is 0.998. The minimum Gasteiger partial charge on any atom is -0.332 e. The van der Waals surface area contributed by atoms with E-state index in [9.17, 15) is 4.79 Å². The first-order chi connectivity index (χ1) is 14.7. The largest absolute Gasteiger partial charge is 0.332 e. The van der Waals surface area contributed by atoms with Gasteiger partial charge in [-0.05, 0) is 28.5 Å². The van der Waals surface area contributed by atoms with Crippen molar-refractivity contribution >= 4 is 17.5 Å². The smallest absolute Gasteiger partial charge is 0.246 e. The zero-order valence-electron chi connectivity index (χ0n) is 16.2. The molecule has 30 heavy (non-hydrogen) atoms. The van der Waals surface area contributed by atoms with Crippen LogP contribution in [0.5, 0.6) is 0 Å². The highest BCUT2D eigenvalue weighted by molar-refractivity contribution is 6.33. The third kappa shape index (κ3) is 4.90. The zero-order valence-corrected chi connectivity index (χ0v) is 17.0. The predicted molar refractivity (Wildman–Crippen MR) is 115 cm³/mol. The Morgan fingerprint density at radius 2 is 1.40 bits per heavy atom. The zero-order chi connectivity index (χ0) is 20.8. The Morgan fingerprint density at radius 1 is 0.833 bits per heavy atom. The highest BCUT2D eigenvalue weighted by Crippen LogP contribution is 2.23. The van der Waals surface area contributed by atoms with Crippen LogP contribution in [0, 0.1) is 0 Å². The molecule has 0 aliphatic carbocycles. The average Bonchev–Trinajstić information content (AvgIpc) is 3.23. The fourth-order valence-corrected chi connectivity index (χ4v) is 3.34. The lowest BCUT2D eigenvalue weighted by Gasteiger charge is -2.23. The summed E-state index contributed by atoms with van der Waals surface area (Å²) in [4.78, 5) is 16.2. The number of hydrogen-bond acceptors (Lipinski definition) is 4. The summed E-state index contributed by atoms with van der Waals surface area (Å²) < 4.78 is 0. The maximum Gasteiger partial charge on any atom is 0.246 e. The third-order valence-corrected chi connectivity index (χ3v) is 4.96. The van der Waals surface area contributed by atoms with E-state index >= 15 is 0 Å². The summed E-state index contributed by atoms with van der Waals surface area (Å²) >= 11 is 6.21. The summed E-state index contributed by atoms with van der Waals surface area (Å²) in [6.07, 6.45) is 0. The van der Waals surface area contributed by atoms with Crippen LogP contribution in [0.1, 0.15) is 11.1 Å². The molecule has 0 spiro atoms. The van der Waals surface area contributed by atoms with Crippen molar-refractivity contribution in [1.82, 2.24) is 25.1 Å². The van der Waals surface area contributed by atoms with Gasteiger partial charge >= 0.3 is 0 Å². The van der Waals surface area contributed by atoms with Crippen LogP contribution < -0.4 is 0 Å². The monoisotopic (exact) mass is 417 g/mol. The van der Waals surface area contributed by atoms with E-state index in [0.717, 1.165) is 11.1 Å². The van der Waals surface area contributed by atoms with E-state index in [2.05, 4.69) is 15.4 Å². The van der Waals surface area contributed by atoms with Crippen molar-refractivity contribution in [3.63, 3.8) is 0 Å². The number of carbonyl (C=O) groups excluding carboxylic acids is 1. The summed E-state index contributed by atoms with van der Waals surface area (Å²) in [5.41, 5.74) is 2.80. The molecule has 0 radical (unpaired) electrons. The number of aromatic nitrogens is 4. The maximum absolute atomic E-state index is 13.1. The number of benzene rings is 3. The maximum atomic E-state index is 13.1. The van der Waals surface area contributed by atoms with Crippen molar-refractivity contribution in [1.29, 1.82) is 0 Å². The minimum absolute atomic E-state index is 0.00286. The molecule has 0 N–H and O–H groups in total. The van der Waals surface area contributed by atoms with Gasteiger partial charge in [-0.2, -0.15) is 4.80 Å². The van der Waals surface area contributed by atoms with E-state index < -0.39 is 0 Å². The molecule has 1 heterocycles. The Hall–Kier alpha value is -3.51. The van der Waals surface area contributed by atoms with Gasteiger partial charge in [0.1, 0.15) is 6.54 Å². The molecule has 7 heteroatoms. The van der Waals surface area contributed by atoms with Crippen molar-refractivity contribution in [2.75, 3.05) is 0 Å². The Kier molecular flexibility index (Phi) is 6.15. The van der Waals surface area contributed by atoms with Gasteiger partial charge in [-0.1, -0.05) is 84.4 Å². The molecule has 6 nitrogen and oxygen atoms in total. The molecule has 0 aliphatic rings. The SMILES string of the molecule is O=C(Cn1nnc(-c2ccccc2Cl)n1)N(Cc1ccccc1)Cc1ccccc1. The Bertz CT molecular complexity index is 1070. The van der Waals surface area contributed by atoms with Crippen molar-refractivity contribution < 1.29 is 4.79 Å². The van der Waals surface area contributed by atoms with E-state index in [1.165, 1.54) is 4.80 Å².